The van der Waals surface area contributed by atoms with Gasteiger partial charge in [-0.25, -0.2) is 18.1 Å². The molecular weight excluding hydrogens is 370 g/mol. The highest BCUT2D eigenvalue weighted by Gasteiger charge is 2.21. The van der Waals surface area contributed by atoms with Crippen LogP contribution in [-0.4, -0.2) is 35.7 Å². The van der Waals surface area contributed by atoms with E-state index < -0.39 is 10.0 Å². The van der Waals surface area contributed by atoms with Gasteiger partial charge in [-0.05, 0) is 38.1 Å². The summed E-state index contributed by atoms with van der Waals surface area (Å²) in [5, 5.41) is 7.59. The average molecular weight is 387 g/mol. The summed E-state index contributed by atoms with van der Waals surface area (Å²) in [5.41, 5.74) is 1.33. The second-order valence-corrected chi connectivity index (χ2v) is 8.10. The minimum atomic E-state index is -3.87. The lowest BCUT2D eigenvalue weighted by Crippen LogP contribution is -2.25. The van der Waals surface area contributed by atoms with Gasteiger partial charge in [-0.1, -0.05) is 0 Å². The first-order valence-electron chi connectivity index (χ1n) is 8.26. The number of fused-ring (bicyclic) bond motifs is 2. The number of carbonyl (C=O) groups excluding carboxylic acids is 1. The van der Waals surface area contributed by atoms with Gasteiger partial charge in [0.05, 0.1) is 28.7 Å². The number of amides is 1. The number of hydrogen-bond donors (Lipinski definition) is 2. The normalized spacial score (nSPS) is 14.0. The zero-order chi connectivity index (χ0) is 19.2. The molecule has 9 nitrogen and oxygen atoms in total. The zero-order valence-corrected chi connectivity index (χ0v) is 15.4. The van der Waals surface area contributed by atoms with Crippen molar-refractivity contribution < 1.29 is 17.9 Å². The Hall–Kier alpha value is -3.14. The van der Waals surface area contributed by atoms with Gasteiger partial charge in [-0.15, -0.1) is 0 Å². The van der Waals surface area contributed by atoms with Crippen LogP contribution in [0.25, 0.3) is 11.0 Å². The smallest absolute Gasteiger partial charge is 0.262 e. The molecular formula is C17H17N5O4S. The number of nitrogens with one attached hydrogen (secondary N) is 2. The van der Waals surface area contributed by atoms with Crippen LogP contribution in [0.5, 0.6) is 5.75 Å². The van der Waals surface area contributed by atoms with E-state index >= 15 is 0 Å². The summed E-state index contributed by atoms with van der Waals surface area (Å²) in [6.45, 7) is 3.89. The van der Waals surface area contributed by atoms with Crippen LogP contribution in [0, 0.1) is 0 Å². The molecule has 0 saturated heterocycles. The molecule has 3 heterocycles. The van der Waals surface area contributed by atoms with E-state index in [-0.39, 0.29) is 23.5 Å². The molecule has 0 aliphatic carbocycles. The summed E-state index contributed by atoms with van der Waals surface area (Å²) in [4.78, 5) is 15.8. The Kier molecular flexibility index (Phi) is 3.99. The van der Waals surface area contributed by atoms with Gasteiger partial charge in [0.1, 0.15) is 5.75 Å². The van der Waals surface area contributed by atoms with E-state index in [0.717, 1.165) is 5.39 Å². The first-order valence-corrected chi connectivity index (χ1v) is 9.74. The van der Waals surface area contributed by atoms with Crippen molar-refractivity contribution in [3.8, 4) is 5.75 Å². The van der Waals surface area contributed by atoms with Gasteiger partial charge in [0.15, 0.2) is 12.3 Å². The number of hydrogen-bond acceptors (Lipinski definition) is 6. The highest BCUT2D eigenvalue weighted by molar-refractivity contribution is 7.92. The summed E-state index contributed by atoms with van der Waals surface area (Å²) < 4.78 is 34.9. The molecule has 0 atom stereocenters. The van der Waals surface area contributed by atoms with Crippen LogP contribution in [0.2, 0.25) is 0 Å². The van der Waals surface area contributed by atoms with Crippen LogP contribution in [-0.2, 0) is 14.8 Å². The fourth-order valence-corrected chi connectivity index (χ4v) is 3.88. The lowest BCUT2D eigenvalue weighted by atomic mass is 10.2. The largest absolute Gasteiger partial charge is 0.482 e. The molecule has 1 aliphatic rings. The molecule has 4 rings (SSSR count). The molecule has 1 aromatic carbocycles. The standard InChI is InChI=1S/C17H17N5O4S/c1-10(2)22-17-11(7-19-22)5-12(8-18-17)21-27(24,25)13-3-4-15-14(6-13)20-16(23)9-26-15/h3-8,10,21H,9H2,1-2H3,(H,20,23). The van der Waals surface area contributed by atoms with Gasteiger partial charge in [0, 0.05) is 11.4 Å². The molecule has 0 saturated carbocycles. The van der Waals surface area contributed by atoms with Crippen molar-refractivity contribution in [1.29, 1.82) is 0 Å². The van der Waals surface area contributed by atoms with Crippen molar-refractivity contribution in [3.63, 3.8) is 0 Å². The van der Waals surface area contributed by atoms with E-state index in [1.54, 1.807) is 16.9 Å². The molecule has 0 radical (unpaired) electrons. The minimum Gasteiger partial charge on any atom is -0.482 e. The second-order valence-electron chi connectivity index (χ2n) is 6.42. The van der Waals surface area contributed by atoms with Crippen molar-refractivity contribution in [3.05, 3.63) is 36.7 Å². The van der Waals surface area contributed by atoms with Crippen molar-refractivity contribution >= 4 is 38.3 Å². The number of benzene rings is 1. The monoisotopic (exact) mass is 387 g/mol. The quantitative estimate of drug-likeness (QED) is 0.709. The number of carbonyl (C=O) groups is 1. The SMILES string of the molecule is CC(C)n1ncc2cc(NS(=O)(=O)c3ccc4c(c3)NC(=O)CO4)cnc21. The lowest BCUT2D eigenvalue weighted by Gasteiger charge is -2.18. The number of anilines is 2. The molecule has 1 aliphatic heterocycles. The summed E-state index contributed by atoms with van der Waals surface area (Å²) in [6.07, 6.45) is 3.09. The molecule has 27 heavy (non-hydrogen) atoms. The Bertz CT molecular complexity index is 1150. The van der Waals surface area contributed by atoms with Gasteiger partial charge < -0.3 is 10.1 Å². The molecule has 140 valence electrons. The summed E-state index contributed by atoms with van der Waals surface area (Å²) in [6, 6.07) is 6.11. The Morgan fingerprint density at radius 1 is 1.26 bits per heavy atom. The van der Waals surface area contributed by atoms with E-state index in [0.29, 0.717) is 22.8 Å². The lowest BCUT2D eigenvalue weighted by molar-refractivity contribution is -0.118. The van der Waals surface area contributed by atoms with Crippen LogP contribution >= 0.6 is 0 Å². The van der Waals surface area contributed by atoms with E-state index in [1.165, 1.54) is 24.4 Å². The fourth-order valence-electron chi connectivity index (χ4n) is 2.82. The predicted molar refractivity (Wildman–Crippen MR) is 99.3 cm³/mol. The van der Waals surface area contributed by atoms with Crippen LogP contribution in [0.4, 0.5) is 11.4 Å². The number of aromatic nitrogens is 3. The van der Waals surface area contributed by atoms with Gasteiger partial charge in [-0.2, -0.15) is 5.10 Å². The van der Waals surface area contributed by atoms with E-state index in [1.807, 2.05) is 13.8 Å². The molecule has 0 spiro atoms. The highest BCUT2D eigenvalue weighted by atomic mass is 32.2. The number of rotatable bonds is 4. The molecule has 1 amide bonds. The number of ether oxygens (including phenoxy) is 1. The third-order valence-corrected chi connectivity index (χ3v) is 5.45. The van der Waals surface area contributed by atoms with Crippen molar-refractivity contribution in [1.82, 2.24) is 14.8 Å². The molecule has 0 unspecified atom stereocenters. The third kappa shape index (κ3) is 3.19. The molecule has 2 N–H and O–H groups in total. The Morgan fingerprint density at radius 3 is 2.85 bits per heavy atom. The number of nitrogens with zero attached hydrogens (tertiary/aromatic N) is 3. The summed E-state index contributed by atoms with van der Waals surface area (Å²) >= 11 is 0. The van der Waals surface area contributed by atoms with Crippen LogP contribution in [0.1, 0.15) is 19.9 Å². The van der Waals surface area contributed by atoms with Gasteiger partial charge in [0.25, 0.3) is 15.9 Å². The minimum absolute atomic E-state index is 0.00465. The summed E-state index contributed by atoms with van der Waals surface area (Å²) in [5.74, 6) is 0.0968. The van der Waals surface area contributed by atoms with Crippen molar-refractivity contribution in [2.45, 2.75) is 24.8 Å². The number of pyridine rings is 1. The van der Waals surface area contributed by atoms with Gasteiger partial charge in [-0.3, -0.25) is 9.52 Å². The topological polar surface area (TPSA) is 115 Å². The second kappa shape index (κ2) is 6.23. The molecule has 2 aromatic heterocycles. The highest BCUT2D eigenvalue weighted by Crippen LogP contribution is 2.31. The van der Waals surface area contributed by atoms with Gasteiger partial charge in [0.2, 0.25) is 0 Å². The van der Waals surface area contributed by atoms with Crippen LogP contribution in [0.3, 0.4) is 0 Å². The molecule has 3 aromatic rings. The fraction of sp³-hybridized carbons (Fsp3) is 0.235. The van der Waals surface area contributed by atoms with Crippen molar-refractivity contribution in [2.24, 2.45) is 0 Å². The maximum absolute atomic E-state index is 12.7. The Morgan fingerprint density at radius 2 is 2.07 bits per heavy atom. The van der Waals surface area contributed by atoms with Crippen molar-refractivity contribution in [2.75, 3.05) is 16.6 Å². The predicted octanol–water partition coefficient (Wildman–Crippen LogP) is 2.14. The van der Waals surface area contributed by atoms with Crippen LogP contribution < -0.4 is 14.8 Å². The molecule has 0 fully saturated rings. The third-order valence-electron chi connectivity index (χ3n) is 4.07. The van der Waals surface area contributed by atoms with Crippen LogP contribution in [0.15, 0.2) is 41.6 Å². The Balaban J connectivity index is 1.64. The average Bonchev–Trinajstić information content (AvgIpc) is 3.04. The summed E-state index contributed by atoms with van der Waals surface area (Å²) in [7, 11) is -3.87. The maximum atomic E-state index is 12.7. The first-order chi connectivity index (χ1) is 12.8. The van der Waals surface area contributed by atoms with Gasteiger partial charge >= 0.3 is 0 Å². The number of sulfonamides is 1. The maximum Gasteiger partial charge on any atom is 0.262 e. The van der Waals surface area contributed by atoms with E-state index in [9.17, 15) is 13.2 Å². The zero-order valence-electron chi connectivity index (χ0n) is 14.6. The molecule has 10 heteroatoms. The van der Waals surface area contributed by atoms with E-state index in [4.69, 9.17) is 4.74 Å². The Labute approximate surface area is 155 Å². The molecule has 0 bridgehead atoms. The first kappa shape index (κ1) is 17.3. The van der Waals surface area contributed by atoms with E-state index in [2.05, 4.69) is 20.1 Å².